The molecule has 5 nitrogen and oxygen atoms in total. The van der Waals surface area contributed by atoms with Gasteiger partial charge in [-0.05, 0) is 47.0 Å². The van der Waals surface area contributed by atoms with E-state index >= 15 is 0 Å². The largest absolute Gasteiger partial charge is 0.496 e. The summed E-state index contributed by atoms with van der Waals surface area (Å²) in [6.07, 6.45) is 0.494. The van der Waals surface area contributed by atoms with Gasteiger partial charge in [-0.2, -0.15) is 0 Å². The van der Waals surface area contributed by atoms with Crippen molar-refractivity contribution in [2.45, 2.75) is 32.0 Å². The second-order valence-corrected chi connectivity index (χ2v) is 10.1. The maximum Gasteiger partial charge on any atom is 0.243 e. The summed E-state index contributed by atoms with van der Waals surface area (Å²) in [4.78, 5) is 29.3. The summed E-state index contributed by atoms with van der Waals surface area (Å²) in [5.74, 6) is 0.276. The highest BCUT2D eigenvalue weighted by Crippen LogP contribution is 2.20. The van der Waals surface area contributed by atoms with Gasteiger partial charge in [0.05, 0.1) is 13.5 Å². The molecule has 7 heteroatoms. The molecule has 0 radical (unpaired) electrons. The molecule has 0 aliphatic heterocycles. The number of rotatable bonds is 11. The molecule has 4 rings (SSSR count). The van der Waals surface area contributed by atoms with E-state index in [2.05, 4.69) is 5.32 Å². The lowest BCUT2D eigenvalue weighted by Gasteiger charge is -2.32. The molecule has 0 aliphatic rings. The summed E-state index contributed by atoms with van der Waals surface area (Å²) in [7, 11) is 1.60. The fourth-order valence-corrected chi connectivity index (χ4v) is 4.62. The maximum absolute atomic E-state index is 13.8. The molecule has 1 atom stereocenters. The van der Waals surface area contributed by atoms with Crippen molar-refractivity contribution in [2.24, 2.45) is 0 Å². The number of halogens is 2. The molecule has 0 aromatic heterocycles. The number of para-hydroxylation sites is 1. The summed E-state index contributed by atoms with van der Waals surface area (Å²) >= 11 is 12.2. The second-order valence-electron chi connectivity index (χ2n) is 9.19. The van der Waals surface area contributed by atoms with Gasteiger partial charge in [0.1, 0.15) is 11.8 Å². The summed E-state index contributed by atoms with van der Waals surface area (Å²) in [6, 6.07) is 31.0. The van der Waals surface area contributed by atoms with Gasteiger partial charge in [-0.1, -0.05) is 96.0 Å². The third-order valence-electron chi connectivity index (χ3n) is 6.45. The first-order valence-corrected chi connectivity index (χ1v) is 13.4. The lowest BCUT2D eigenvalue weighted by atomic mass is 10.0. The molecule has 0 aliphatic carbocycles. The Labute approximate surface area is 239 Å². The van der Waals surface area contributed by atoms with Gasteiger partial charge in [-0.25, -0.2) is 0 Å². The molecule has 1 unspecified atom stereocenters. The van der Waals surface area contributed by atoms with E-state index in [1.54, 1.807) is 36.3 Å². The third kappa shape index (κ3) is 8.09. The van der Waals surface area contributed by atoms with Crippen molar-refractivity contribution in [3.63, 3.8) is 0 Å². The monoisotopic (exact) mass is 560 g/mol. The minimum Gasteiger partial charge on any atom is -0.496 e. The molecule has 0 saturated carbocycles. The van der Waals surface area contributed by atoms with E-state index in [4.69, 9.17) is 27.9 Å². The van der Waals surface area contributed by atoms with Crippen LogP contribution in [-0.2, 0) is 35.5 Å². The average molecular weight is 562 g/mol. The summed E-state index contributed by atoms with van der Waals surface area (Å²) in [6.45, 7) is 0.525. The van der Waals surface area contributed by atoms with Crippen LogP contribution in [0.2, 0.25) is 10.0 Å². The average Bonchev–Trinajstić information content (AvgIpc) is 2.96. The number of carbonyl (C=O) groups excluding carboxylic acids is 2. The molecule has 0 saturated heterocycles. The third-order valence-corrected chi connectivity index (χ3v) is 6.96. The van der Waals surface area contributed by atoms with Crippen molar-refractivity contribution in [1.82, 2.24) is 10.2 Å². The van der Waals surface area contributed by atoms with Crippen LogP contribution in [0.25, 0.3) is 0 Å². The van der Waals surface area contributed by atoms with Crippen LogP contribution in [0.15, 0.2) is 103 Å². The minimum absolute atomic E-state index is 0.135. The van der Waals surface area contributed by atoms with Crippen LogP contribution in [-0.4, -0.2) is 29.9 Å². The van der Waals surface area contributed by atoms with Gasteiger partial charge < -0.3 is 15.0 Å². The number of amides is 2. The Morgan fingerprint density at radius 2 is 1.36 bits per heavy atom. The van der Waals surface area contributed by atoms with E-state index < -0.39 is 6.04 Å². The Hall–Kier alpha value is -3.80. The molecular formula is C32H30Cl2N2O3. The summed E-state index contributed by atoms with van der Waals surface area (Å²) in [5.41, 5.74) is 3.50. The number of ether oxygens (including phenoxy) is 1. The van der Waals surface area contributed by atoms with Gasteiger partial charge in [-0.15, -0.1) is 0 Å². The molecule has 4 aromatic carbocycles. The van der Waals surface area contributed by atoms with Crippen LogP contribution >= 0.6 is 23.2 Å². The van der Waals surface area contributed by atoms with Gasteiger partial charge in [0.25, 0.3) is 0 Å². The van der Waals surface area contributed by atoms with Crippen LogP contribution in [0, 0.1) is 0 Å². The Balaban J connectivity index is 1.65. The molecule has 1 N–H and O–H groups in total. The summed E-state index contributed by atoms with van der Waals surface area (Å²) in [5, 5.41) is 4.25. The number of hydrogen-bond donors (Lipinski definition) is 1. The van der Waals surface area contributed by atoms with Crippen LogP contribution in [0.5, 0.6) is 5.75 Å². The Kier molecular flexibility index (Phi) is 10.0. The summed E-state index contributed by atoms with van der Waals surface area (Å²) < 4.78 is 5.45. The number of nitrogens with zero attached hydrogens (tertiary/aromatic N) is 1. The molecule has 0 bridgehead atoms. The zero-order valence-corrected chi connectivity index (χ0v) is 23.2. The van der Waals surface area contributed by atoms with Crippen LogP contribution in [0.4, 0.5) is 0 Å². The van der Waals surface area contributed by atoms with Gasteiger partial charge in [0.15, 0.2) is 0 Å². The fourth-order valence-electron chi connectivity index (χ4n) is 4.37. The highest BCUT2D eigenvalue weighted by Gasteiger charge is 2.30. The Morgan fingerprint density at radius 3 is 2.00 bits per heavy atom. The Bertz CT molecular complexity index is 1380. The lowest BCUT2D eigenvalue weighted by Crippen LogP contribution is -2.50. The van der Waals surface area contributed by atoms with Crippen molar-refractivity contribution in [2.75, 3.05) is 7.11 Å². The molecule has 2 amide bonds. The first kappa shape index (κ1) is 28.2. The predicted octanol–water partition coefficient (Wildman–Crippen LogP) is 6.50. The van der Waals surface area contributed by atoms with E-state index in [-0.39, 0.29) is 31.3 Å². The maximum atomic E-state index is 13.8. The highest BCUT2D eigenvalue weighted by molar-refractivity contribution is 6.30. The number of nitrogens with one attached hydrogen (secondary N) is 1. The smallest absolute Gasteiger partial charge is 0.243 e. The topological polar surface area (TPSA) is 58.6 Å². The second kappa shape index (κ2) is 13.8. The Morgan fingerprint density at radius 1 is 0.769 bits per heavy atom. The van der Waals surface area contributed by atoms with Crippen molar-refractivity contribution in [3.8, 4) is 5.75 Å². The van der Waals surface area contributed by atoms with Gasteiger partial charge in [0, 0.05) is 35.1 Å². The molecule has 200 valence electrons. The van der Waals surface area contributed by atoms with Gasteiger partial charge >= 0.3 is 0 Å². The molecule has 0 spiro atoms. The quantitative estimate of drug-likeness (QED) is 0.228. The SMILES string of the molecule is COc1ccccc1CNC(=O)C(Cc1ccccc1)N(Cc1ccc(Cl)cc1)C(=O)Cc1ccc(Cl)cc1. The van der Waals surface area contributed by atoms with E-state index in [9.17, 15) is 9.59 Å². The predicted molar refractivity (Wildman–Crippen MR) is 156 cm³/mol. The molecule has 0 fully saturated rings. The number of hydrogen-bond acceptors (Lipinski definition) is 3. The van der Waals surface area contributed by atoms with Gasteiger partial charge in [-0.3, -0.25) is 9.59 Å². The van der Waals surface area contributed by atoms with Crippen LogP contribution in [0.1, 0.15) is 22.3 Å². The van der Waals surface area contributed by atoms with E-state index in [0.29, 0.717) is 22.2 Å². The van der Waals surface area contributed by atoms with Gasteiger partial charge in [0.2, 0.25) is 11.8 Å². The standard InChI is InChI=1S/C32H30Cl2N2O3/c1-39-30-10-6-5-9-26(30)21-35-32(38)29(19-23-7-3-2-4-8-23)36(22-25-13-17-28(34)18-14-25)31(37)20-24-11-15-27(33)16-12-24/h2-18,29H,19-22H2,1H3,(H,35,38). The normalized spacial score (nSPS) is 11.5. The fraction of sp³-hybridized carbons (Fsp3) is 0.188. The number of benzene rings is 4. The van der Waals surface area contributed by atoms with Crippen molar-refractivity contribution in [1.29, 1.82) is 0 Å². The van der Waals surface area contributed by atoms with Crippen molar-refractivity contribution >= 4 is 35.0 Å². The number of carbonyl (C=O) groups is 2. The van der Waals surface area contributed by atoms with E-state index in [1.807, 2.05) is 78.9 Å². The van der Waals surface area contributed by atoms with E-state index in [1.165, 1.54) is 0 Å². The van der Waals surface area contributed by atoms with Crippen molar-refractivity contribution < 1.29 is 14.3 Å². The minimum atomic E-state index is -0.752. The first-order valence-electron chi connectivity index (χ1n) is 12.6. The lowest BCUT2D eigenvalue weighted by molar-refractivity contribution is -0.140. The van der Waals surface area contributed by atoms with Crippen LogP contribution in [0.3, 0.4) is 0 Å². The number of methoxy groups -OCH3 is 1. The highest BCUT2D eigenvalue weighted by atomic mass is 35.5. The zero-order valence-electron chi connectivity index (χ0n) is 21.6. The molecule has 0 heterocycles. The first-order chi connectivity index (χ1) is 18.9. The molecular weight excluding hydrogens is 531 g/mol. The van der Waals surface area contributed by atoms with Crippen LogP contribution < -0.4 is 10.1 Å². The van der Waals surface area contributed by atoms with Crippen molar-refractivity contribution in [3.05, 3.63) is 135 Å². The molecule has 4 aromatic rings. The zero-order chi connectivity index (χ0) is 27.6. The molecule has 39 heavy (non-hydrogen) atoms. The van der Waals surface area contributed by atoms with E-state index in [0.717, 1.165) is 22.3 Å².